The van der Waals surface area contributed by atoms with E-state index in [1.54, 1.807) is 34.6 Å². The first-order valence-electron chi connectivity index (χ1n) is 9.93. The van der Waals surface area contributed by atoms with Crippen LogP contribution < -0.4 is 5.48 Å². The van der Waals surface area contributed by atoms with Crippen LogP contribution in [0.1, 0.15) is 32.6 Å². The minimum atomic E-state index is -0.574. The fraction of sp³-hybridized carbons (Fsp3) is 0.120. The maximum Gasteiger partial charge on any atom is 0.274 e. The van der Waals surface area contributed by atoms with E-state index >= 15 is 0 Å². The van der Waals surface area contributed by atoms with Crippen molar-refractivity contribution >= 4 is 35.1 Å². The van der Waals surface area contributed by atoms with Crippen LogP contribution in [0.3, 0.4) is 0 Å². The van der Waals surface area contributed by atoms with E-state index in [9.17, 15) is 9.59 Å². The first-order chi connectivity index (χ1) is 15.0. The summed E-state index contributed by atoms with van der Waals surface area (Å²) in [6, 6.07) is 22.2. The number of amides is 2. The van der Waals surface area contributed by atoms with E-state index in [0.717, 1.165) is 22.3 Å². The largest absolute Gasteiger partial charge is 0.334 e. The number of rotatable bonds is 4. The lowest BCUT2D eigenvalue weighted by Gasteiger charge is -2.30. The monoisotopic (exact) mass is 432 g/mol. The molecular weight excluding hydrogens is 412 g/mol. The van der Waals surface area contributed by atoms with Gasteiger partial charge in [-0.25, -0.2) is 5.48 Å². The van der Waals surface area contributed by atoms with Gasteiger partial charge in [-0.15, -0.1) is 0 Å². The number of hydrogen-bond acceptors (Lipinski definition) is 3. The number of hydrogen-bond donors (Lipinski definition) is 2. The highest BCUT2D eigenvalue weighted by Gasteiger charge is 2.25. The molecule has 0 saturated heterocycles. The molecule has 1 heterocycles. The van der Waals surface area contributed by atoms with Crippen LogP contribution in [0, 0.1) is 0 Å². The Labute approximate surface area is 185 Å². The zero-order valence-electron chi connectivity index (χ0n) is 16.7. The molecule has 0 saturated carbocycles. The molecule has 31 heavy (non-hydrogen) atoms. The number of carbonyl (C=O) groups is 2. The highest BCUT2D eigenvalue weighted by Crippen LogP contribution is 2.27. The molecule has 1 aliphatic rings. The Balaban J connectivity index is 1.68. The van der Waals surface area contributed by atoms with Crippen molar-refractivity contribution in [1.29, 1.82) is 0 Å². The van der Waals surface area contributed by atoms with Crippen LogP contribution in [-0.2, 0) is 17.8 Å². The van der Waals surface area contributed by atoms with E-state index in [1.165, 1.54) is 0 Å². The van der Waals surface area contributed by atoms with Crippen LogP contribution in [0.2, 0.25) is 5.02 Å². The van der Waals surface area contributed by atoms with Crippen molar-refractivity contribution in [1.82, 2.24) is 10.4 Å². The van der Waals surface area contributed by atoms with Crippen LogP contribution in [-0.4, -0.2) is 28.5 Å². The summed E-state index contributed by atoms with van der Waals surface area (Å²) in [6.07, 6.45) is 2.56. The molecule has 0 aliphatic carbocycles. The number of halogens is 1. The van der Waals surface area contributed by atoms with E-state index in [1.807, 2.05) is 54.6 Å². The Hall–Kier alpha value is -3.41. The van der Waals surface area contributed by atoms with Gasteiger partial charge in [-0.1, -0.05) is 60.1 Å². The van der Waals surface area contributed by atoms with Crippen molar-refractivity contribution in [3.8, 4) is 0 Å². The van der Waals surface area contributed by atoms with Gasteiger partial charge in [-0.2, -0.15) is 0 Å². The standard InChI is InChI=1S/C25H21ClN2O3/c26-22-8-4-7-19(15-22)23(13-17-5-2-1-3-6-17)25(30)28-12-11-18-9-10-20(24(29)27-31)14-21(18)16-28/h1-10,13-15,31H,11-12,16H2,(H,27,29)/b23-13-. The Bertz CT molecular complexity index is 1160. The second-order valence-electron chi connectivity index (χ2n) is 7.38. The molecule has 0 radical (unpaired) electrons. The van der Waals surface area contributed by atoms with Crippen molar-refractivity contribution in [2.75, 3.05) is 6.54 Å². The molecule has 0 unspecified atom stereocenters. The van der Waals surface area contributed by atoms with Crippen molar-refractivity contribution in [2.24, 2.45) is 0 Å². The van der Waals surface area contributed by atoms with E-state index in [-0.39, 0.29) is 5.91 Å². The van der Waals surface area contributed by atoms with Gasteiger partial charge in [0.15, 0.2) is 0 Å². The predicted molar refractivity (Wildman–Crippen MR) is 121 cm³/mol. The molecule has 3 aromatic carbocycles. The average Bonchev–Trinajstić information content (AvgIpc) is 2.81. The number of carbonyl (C=O) groups excluding carboxylic acids is 2. The molecule has 0 bridgehead atoms. The molecule has 5 nitrogen and oxygen atoms in total. The second kappa shape index (κ2) is 9.16. The summed E-state index contributed by atoms with van der Waals surface area (Å²) in [5, 5.41) is 9.47. The molecule has 3 aromatic rings. The Morgan fingerprint density at radius 3 is 2.48 bits per heavy atom. The summed E-state index contributed by atoms with van der Waals surface area (Å²) < 4.78 is 0. The molecule has 0 aromatic heterocycles. The molecule has 1 aliphatic heterocycles. The second-order valence-corrected chi connectivity index (χ2v) is 7.82. The summed E-state index contributed by atoms with van der Waals surface area (Å²) in [4.78, 5) is 27.2. The number of fused-ring (bicyclic) bond motifs is 1. The van der Waals surface area contributed by atoms with Gasteiger partial charge >= 0.3 is 0 Å². The van der Waals surface area contributed by atoms with E-state index in [2.05, 4.69) is 0 Å². The Morgan fingerprint density at radius 1 is 0.935 bits per heavy atom. The third-order valence-corrected chi connectivity index (χ3v) is 5.58. The quantitative estimate of drug-likeness (QED) is 0.274. The summed E-state index contributed by atoms with van der Waals surface area (Å²) in [7, 11) is 0. The van der Waals surface area contributed by atoms with Crippen LogP contribution in [0.5, 0.6) is 0 Å². The summed E-state index contributed by atoms with van der Waals surface area (Å²) >= 11 is 6.20. The lowest BCUT2D eigenvalue weighted by molar-refractivity contribution is -0.125. The van der Waals surface area contributed by atoms with Crippen molar-refractivity contribution < 1.29 is 14.8 Å². The molecule has 2 amide bonds. The minimum Gasteiger partial charge on any atom is -0.334 e. The molecular formula is C25H21ClN2O3. The van der Waals surface area contributed by atoms with Gasteiger partial charge in [0.05, 0.1) is 0 Å². The summed E-state index contributed by atoms with van der Waals surface area (Å²) in [5.41, 5.74) is 6.22. The summed E-state index contributed by atoms with van der Waals surface area (Å²) in [5.74, 6) is -0.677. The third kappa shape index (κ3) is 4.68. The highest BCUT2D eigenvalue weighted by molar-refractivity contribution is 6.31. The zero-order chi connectivity index (χ0) is 21.8. The molecule has 4 rings (SSSR count). The van der Waals surface area contributed by atoms with E-state index in [0.29, 0.717) is 35.7 Å². The predicted octanol–water partition coefficient (Wildman–Crippen LogP) is 4.58. The first kappa shape index (κ1) is 20.8. The van der Waals surface area contributed by atoms with Crippen LogP contribution in [0.25, 0.3) is 11.6 Å². The van der Waals surface area contributed by atoms with Crippen molar-refractivity contribution in [2.45, 2.75) is 13.0 Å². The fourth-order valence-electron chi connectivity index (χ4n) is 3.75. The minimum absolute atomic E-state index is 0.103. The zero-order valence-corrected chi connectivity index (χ0v) is 17.5. The van der Waals surface area contributed by atoms with Crippen LogP contribution in [0.4, 0.5) is 0 Å². The van der Waals surface area contributed by atoms with Crippen molar-refractivity contribution in [3.05, 3.63) is 106 Å². The van der Waals surface area contributed by atoms with Gasteiger partial charge in [-0.05, 0) is 59.0 Å². The van der Waals surface area contributed by atoms with Gasteiger partial charge in [0.1, 0.15) is 0 Å². The maximum atomic E-state index is 13.6. The van der Waals surface area contributed by atoms with Gasteiger partial charge in [0.2, 0.25) is 0 Å². The molecule has 156 valence electrons. The van der Waals surface area contributed by atoms with Gasteiger partial charge in [0.25, 0.3) is 11.8 Å². The van der Waals surface area contributed by atoms with E-state index in [4.69, 9.17) is 16.8 Å². The number of nitrogens with one attached hydrogen (secondary N) is 1. The van der Waals surface area contributed by atoms with Gasteiger partial charge in [0, 0.05) is 29.2 Å². The number of nitrogens with zero attached hydrogens (tertiary/aromatic N) is 1. The Kier molecular flexibility index (Phi) is 6.16. The van der Waals surface area contributed by atoms with Gasteiger partial charge in [-0.3, -0.25) is 14.8 Å². The highest BCUT2D eigenvalue weighted by atomic mass is 35.5. The molecule has 0 spiro atoms. The third-order valence-electron chi connectivity index (χ3n) is 5.35. The normalized spacial score (nSPS) is 13.5. The van der Waals surface area contributed by atoms with E-state index < -0.39 is 5.91 Å². The SMILES string of the molecule is O=C(NO)c1ccc2c(c1)CN(C(=O)/C(=C\c1ccccc1)c1cccc(Cl)c1)CC2. The first-order valence-corrected chi connectivity index (χ1v) is 10.3. The molecule has 0 fully saturated rings. The fourth-order valence-corrected chi connectivity index (χ4v) is 3.94. The Morgan fingerprint density at radius 2 is 1.74 bits per heavy atom. The lowest BCUT2D eigenvalue weighted by Crippen LogP contribution is -2.36. The topological polar surface area (TPSA) is 69.6 Å². The molecule has 0 atom stereocenters. The average molecular weight is 433 g/mol. The maximum absolute atomic E-state index is 13.6. The molecule has 2 N–H and O–H groups in total. The summed E-state index contributed by atoms with van der Waals surface area (Å²) in [6.45, 7) is 0.956. The van der Waals surface area contributed by atoms with Crippen LogP contribution >= 0.6 is 11.6 Å². The lowest BCUT2D eigenvalue weighted by atomic mass is 9.95. The number of benzene rings is 3. The van der Waals surface area contributed by atoms with Gasteiger partial charge < -0.3 is 4.90 Å². The number of hydroxylamine groups is 1. The van der Waals surface area contributed by atoms with Crippen LogP contribution in [0.15, 0.2) is 72.8 Å². The smallest absolute Gasteiger partial charge is 0.274 e. The van der Waals surface area contributed by atoms with Crippen molar-refractivity contribution in [3.63, 3.8) is 0 Å². The molecule has 6 heteroatoms.